The molecule has 11 heteroatoms. The number of carbonyl (C=O) groups is 2. The van der Waals surface area contributed by atoms with Gasteiger partial charge in [-0.05, 0) is 44.9 Å². The lowest BCUT2D eigenvalue weighted by Gasteiger charge is -2.20. The Morgan fingerprint density at radius 2 is 1.02 bits per heavy atom. The van der Waals surface area contributed by atoms with Crippen LogP contribution in [0, 0.1) is 0 Å². The van der Waals surface area contributed by atoms with Gasteiger partial charge in [0.1, 0.15) is 12.1 Å². The first kappa shape index (κ1) is 52.5. The fraction of sp³-hybridized carbons (Fsp3) is 0.860. The number of nitrogens with two attached hydrogens (primary N) is 1. The molecule has 0 amide bonds. The first-order valence-corrected chi connectivity index (χ1v) is 23.4. The highest BCUT2D eigenvalue weighted by Gasteiger charge is 2.27. The van der Waals surface area contributed by atoms with Crippen LogP contribution in [0.5, 0.6) is 0 Å². The number of carboxylic acids is 1. The van der Waals surface area contributed by atoms with Crippen LogP contribution in [0.2, 0.25) is 0 Å². The number of phosphoric acid groups is 1. The zero-order valence-corrected chi connectivity index (χ0v) is 35.5. The minimum atomic E-state index is -4.61. The summed E-state index contributed by atoms with van der Waals surface area (Å²) in [5.74, 6) is -1.78. The Bertz CT molecular complexity index is 961. The second kappa shape index (κ2) is 39.7. The zero-order chi connectivity index (χ0) is 39.8. The maximum absolute atomic E-state index is 12.6. The van der Waals surface area contributed by atoms with Gasteiger partial charge in [-0.2, -0.15) is 0 Å². The lowest BCUT2D eigenvalue weighted by Crippen LogP contribution is -2.34. The van der Waals surface area contributed by atoms with Gasteiger partial charge in [-0.25, -0.2) is 4.57 Å². The fourth-order valence-corrected chi connectivity index (χ4v) is 6.82. The molecule has 0 spiro atoms. The molecule has 0 aliphatic rings. The highest BCUT2D eigenvalue weighted by molar-refractivity contribution is 7.47. The number of carbonyl (C=O) groups excluding carboxylic acids is 1. The molecule has 0 heterocycles. The van der Waals surface area contributed by atoms with Crippen LogP contribution in [0.1, 0.15) is 200 Å². The molecular formula is C43H82NO9P. The number of rotatable bonds is 42. The highest BCUT2D eigenvalue weighted by Crippen LogP contribution is 2.43. The summed E-state index contributed by atoms with van der Waals surface area (Å²) >= 11 is 0. The van der Waals surface area contributed by atoms with Crippen molar-refractivity contribution in [2.75, 3.05) is 26.4 Å². The third-order valence-electron chi connectivity index (χ3n) is 9.48. The molecule has 10 nitrogen and oxygen atoms in total. The van der Waals surface area contributed by atoms with E-state index in [1.807, 2.05) is 0 Å². The molecule has 0 saturated carbocycles. The number of carboxylic acid groups (broad SMARTS) is 1. The van der Waals surface area contributed by atoms with Crippen LogP contribution in [0.3, 0.4) is 0 Å². The SMILES string of the molecule is CCCCC/C=C\C/C=C\CCCCCCCCCCCC(=O)OC(COCCCCCCCCCCCCCCC)COP(=O)(O)OCC(N)C(=O)O. The molecule has 0 aliphatic heterocycles. The molecule has 0 bridgehead atoms. The Morgan fingerprint density at radius 1 is 0.593 bits per heavy atom. The van der Waals surface area contributed by atoms with Crippen molar-refractivity contribution >= 4 is 19.8 Å². The van der Waals surface area contributed by atoms with Gasteiger partial charge in [0.05, 0.1) is 19.8 Å². The first-order valence-electron chi connectivity index (χ1n) is 21.9. The van der Waals surface area contributed by atoms with Gasteiger partial charge < -0.3 is 25.2 Å². The van der Waals surface area contributed by atoms with E-state index in [-0.39, 0.29) is 13.0 Å². The van der Waals surface area contributed by atoms with Crippen LogP contribution < -0.4 is 5.73 Å². The van der Waals surface area contributed by atoms with E-state index in [0.717, 1.165) is 51.4 Å². The van der Waals surface area contributed by atoms with Crippen LogP contribution in [0.15, 0.2) is 24.3 Å². The molecule has 0 fully saturated rings. The average molecular weight is 788 g/mol. The summed E-state index contributed by atoms with van der Waals surface area (Å²) in [5, 5.41) is 8.89. The molecular weight excluding hydrogens is 705 g/mol. The van der Waals surface area contributed by atoms with Crippen molar-refractivity contribution in [3.63, 3.8) is 0 Å². The Balaban J connectivity index is 4.20. The van der Waals surface area contributed by atoms with Gasteiger partial charge >= 0.3 is 19.8 Å². The van der Waals surface area contributed by atoms with Crippen molar-refractivity contribution in [2.45, 2.75) is 212 Å². The van der Waals surface area contributed by atoms with E-state index < -0.39 is 45.1 Å². The van der Waals surface area contributed by atoms with Crippen LogP contribution in [0.4, 0.5) is 0 Å². The molecule has 0 saturated heterocycles. The smallest absolute Gasteiger partial charge is 0.472 e. The molecule has 3 atom stereocenters. The lowest BCUT2D eigenvalue weighted by atomic mass is 10.0. The normalized spacial score (nSPS) is 14.1. The number of phosphoric ester groups is 1. The molecule has 0 aliphatic carbocycles. The third kappa shape index (κ3) is 38.7. The second-order valence-electron chi connectivity index (χ2n) is 14.8. The monoisotopic (exact) mass is 788 g/mol. The summed E-state index contributed by atoms with van der Waals surface area (Å²) in [7, 11) is -4.61. The van der Waals surface area contributed by atoms with Crippen molar-refractivity contribution in [3.05, 3.63) is 24.3 Å². The maximum Gasteiger partial charge on any atom is 0.472 e. The Kier molecular flexibility index (Phi) is 38.5. The van der Waals surface area contributed by atoms with Crippen LogP contribution in [-0.4, -0.2) is 60.5 Å². The van der Waals surface area contributed by atoms with Crippen LogP contribution >= 0.6 is 7.82 Å². The van der Waals surface area contributed by atoms with Gasteiger partial charge in [0.25, 0.3) is 0 Å². The third-order valence-corrected chi connectivity index (χ3v) is 10.4. The van der Waals surface area contributed by atoms with E-state index in [4.69, 9.17) is 29.4 Å². The van der Waals surface area contributed by atoms with Gasteiger partial charge in [-0.3, -0.25) is 18.6 Å². The van der Waals surface area contributed by atoms with Gasteiger partial charge in [-0.15, -0.1) is 0 Å². The lowest BCUT2D eigenvalue weighted by molar-refractivity contribution is -0.154. The van der Waals surface area contributed by atoms with Crippen molar-refractivity contribution in [3.8, 4) is 0 Å². The fourth-order valence-electron chi connectivity index (χ4n) is 6.05. The van der Waals surface area contributed by atoms with E-state index in [2.05, 4.69) is 38.2 Å². The number of aliphatic carboxylic acids is 1. The first-order chi connectivity index (χ1) is 26.2. The summed E-state index contributed by atoms with van der Waals surface area (Å²) in [6.07, 6.45) is 42.2. The molecule has 318 valence electrons. The molecule has 0 aromatic carbocycles. The predicted octanol–water partition coefficient (Wildman–Crippen LogP) is 11.9. The Labute approximate surface area is 330 Å². The number of allylic oxidation sites excluding steroid dienone is 4. The van der Waals surface area contributed by atoms with Crippen molar-refractivity contribution in [1.82, 2.24) is 0 Å². The Morgan fingerprint density at radius 3 is 1.54 bits per heavy atom. The summed E-state index contributed by atoms with van der Waals surface area (Å²) in [6.45, 7) is 3.87. The minimum Gasteiger partial charge on any atom is -0.480 e. The van der Waals surface area contributed by atoms with E-state index in [1.165, 1.54) is 122 Å². The molecule has 4 N–H and O–H groups in total. The standard InChI is InChI=1S/C43H82NO9P/c1-3-5-7-9-11-13-15-17-18-19-20-21-22-23-25-27-29-31-33-35-42(45)53-40(38-51-54(48,49)52-39-41(44)43(46)47)37-50-36-34-32-30-28-26-24-16-14-12-10-8-6-4-2/h11,13,17-18,40-41H,3-10,12,14-16,19-39,44H2,1-2H3,(H,46,47)(H,48,49)/b13-11-,18-17-. The van der Waals surface area contributed by atoms with Gasteiger partial charge in [0.2, 0.25) is 0 Å². The number of unbranched alkanes of at least 4 members (excludes halogenated alkanes) is 24. The van der Waals surface area contributed by atoms with Crippen molar-refractivity contribution in [2.24, 2.45) is 5.73 Å². The summed E-state index contributed by atoms with van der Waals surface area (Å²) in [4.78, 5) is 33.5. The van der Waals surface area contributed by atoms with Crippen LogP contribution in [0.25, 0.3) is 0 Å². The molecule has 0 aromatic rings. The van der Waals surface area contributed by atoms with E-state index in [9.17, 15) is 19.0 Å². The molecule has 0 radical (unpaired) electrons. The number of esters is 1. The van der Waals surface area contributed by atoms with Gasteiger partial charge in [-0.1, -0.05) is 173 Å². The topological polar surface area (TPSA) is 155 Å². The van der Waals surface area contributed by atoms with E-state index in [1.54, 1.807) is 0 Å². The zero-order valence-electron chi connectivity index (χ0n) is 34.6. The second-order valence-corrected chi connectivity index (χ2v) is 16.3. The average Bonchev–Trinajstić information content (AvgIpc) is 3.15. The molecule has 0 aromatic heterocycles. The summed E-state index contributed by atoms with van der Waals surface area (Å²) in [5.41, 5.74) is 5.35. The quantitative estimate of drug-likeness (QED) is 0.0236. The van der Waals surface area contributed by atoms with Crippen molar-refractivity contribution < 1.29 is 42.7 Å². The summed E-state index contributed by atoms with van der Waals surface area (Å²) in [6, 6.07) is -1.47. The molecule has 0 rings (SSSR count). The highest BCUT2D eigenvalue weighted by atomic mass is 31.2. The largest absolute Gasteiger partial charge is 0.480 e. The van der Waals surface area contributed by atoms with E-state index >= 15 is 0 Å². The minimum absolute atomic E-state index is 0.0193. The van der Waals surface area contributed by atoms with Gasteiger partial charge in [0.15, 0.2) is 0 Å². The predicted molar refractivity (Wildman–Crippen MR) is 222 cm³/mol. The Hall–Kier alpha value is -1.55. The number of ether oxygens (including phenoxy) is 2. The number of hydrogen-bond acceptors (Lipinski definition) is 8. The summed E-state index contributed by atoms with van der Waals surface area (Å²) < 4.78 is 33.3. The number of hydrogen-bond donors (Lipinski definition) is 3. The molecule has 3 unspecified atom stereocenters. The van der Waals surface area contributed by atoms with Crippen molar-refractivity contribution in [1.29, 1.82) is 0 Å². The maximum atomic E-state index is 12.6. The van der Waals surface area contributed by atoms with E-state index in [0.29, 0.717) is 13.0 Å². The molecule has 54 heavy (non-hydrogen) atoms. The van der Waals surface area contributed by atoms with Gasteiger partial charge in [0, 0.05) is 13.0 Å². The van der Waals surface area contributed by atoms with Crippen LogP contribution in [-0.2, 0) is 32.7 Å².